The summed E-state index contributed by atoms with van der Waals surface area (Å²) < 4.78 is 20.3. The van der Waals surface area contributed by atoms with Gasteiger partial charge < -0.3 is 14.2 Å². The average molecular weight is 551 g/mol. The quantitative estimate of drug-likeness (QED) is 0.112. The van der Waals surface area contributed by atoms with Gasteiger partial charge in [0, 0.05) is 25.7 Å². The number of hydrogen-bond donors (Lipinski definition) is 0. The van der Waals surface area contributed by atoms with Gasteiger partial charge in [-0.15, -0.1) is 0 Å². The number of rotatable bonds is 24. The molecule has 3 heteroatoms. The lowest BCUT2D eigenvalue weighted by Gasteiger charge is -2.49. The Morgan fingerprint density at radius 1 is 0.487 bits per heavy atom. The molecule has 3 nitrogen and oxygen atoms in total. The van der Waals surface area contributed by atoms with Crippen molar-refractivity contribution in [1.29, 1.82) is 0 Å². The van der Waals surface area contributed by atoms with Crippen LogP contribution in [0.1, 0.15) is 195 Å². The Bertz CT molecular complexity index is 518. The number of ether oxygens (including phenoxy) is 3. The van der Waals surface area contributed by atoms with E-state index in [2.05, 4.69) is 27.7 Å². The Morgan fingerprint density at radius 3 is 1.10 bits per heavy atom. The molecule has 2 rings (SSSR count). The molecule has 232 valence electrons. The Hall–Kier alpha value is -0.120. The summed E-state index contributed by atoms with van der Waals surface area (Å²) in [4.78, 5) is 0. The second-order valence-electron chi connectivity index (χ2n) is 13.7. The van der Waals surface area contributed by atoms with Gasteiger partial charge in [0.2, 0.25) is 0 Å². The van der Waals surface area contributed by atoms with Gasteiger partial charge in [-0.2, -0.15) is 0 Å². The molecule has 2 saturated heterocycles. The minimum Gasteiger partial charge on any atom is -0.350 e. The van der Waals surface area contributed by atoms with E-state index in [9.17, 15) is 0 Å². The molecule has 0 N–H and O–H groups in total. The molecular formula is C36H70O3. The van der Waals surface area contributed by atoms with Crippen molar-refractivity contribution < 1.29 is 14.2 Å². The van der Waals surface area contributed by atoms with Crippen LogP contribution in [0.5, 0.6) is 0 Å². The van der Waals surface area contributed by atoms with E-state index in [4.69, 9.17) is 14.2 Å². The molecule has 0 aromatic heterocycles. The predicted molar refractivity (Wildman–Crippen MR) is 168 cm³/mol. The summed E-state index contributed by atoms with van der Waals surface area (Å²) in [7, 11) is 0. The van der Waals surface area contributed by atoms with Gasteiger partial charge in [-0.1, -0.05) is 143 Å². The van der Waals surface area contributed by atoms with Crippen molar-refractivity contribution in [3.8, 4) is 0 Å². The molecule has 0 saturated carbocycles. The van der Waals surface area contributed by atoms with Crippen molar-refractivity contribution in [2.45, 2.75) is 206 Å². The molecule has 0 amide bonds. The van der Waals surface area contributed by atoms with E-state index in [0.717, 1.165) is 51.7 Å². The fourth-order valence-corrected chi connectivity index (χ4v) is 6.97. The third kappa shape index (κ3) is 15.6. The Balaban J connectivity index is 1.79. The van der Waals surface area contributed by atoms with E-state index in [1.807, 2.05) is 0 Å². The molecule has 0 aliphatic carbocycles. The zero-order valence-electron chi connectivity index (χ0n) is 27.2. The SMILES string of the molecule is CCCCCCCCCCCCC1(OC2(CCCCCCCCCCCC)CC(C)CCO2)CC(C)CCO1. The minimum atomic E-state index is -0.437. The molecule has 4 unspecified atom stereocenters. The second-order valence-corrected chi connectivity index (χ2v) is 13.7. The molecule has 0 aromatic carbocycles. The van der Waals surface area contributed by atoms with Gasteiger partial charge in [-0.25, -0.2) is 0 Å². The van der Waals surface area contributed by atoms with Crippen LogP contribution in [0.25, 0.3) is 0 Å². The van der Waals surface area contributed by atoms with Crippen LogP contribution in [0.15, 0.2) is 0 Å². The predicted octanol–water partition coefficient (Wildman–Crippen LogP) is 11.9. The largest absolute Gasteiger partial charge is 0.350 e. The third-order valence-electron chi connectivity index (χ3n) is 9.46. The Morgan fingerprint density at radius 2 is 0.795 bits per heavy atom. The van der Waals surface area contributed by atoms with Gasteiger partial charge in [0.1, 0.15) is 0 Å². The summed E-state index contributed by atoms with van der Waals surface area (Å²) in [5.74, 6) is 0.454. The van der Waals surface area contributed by atoms with Crippen molar-refractivity contribution >= 4 is 0 Å². The monoisotopic (exact) mass is 551 g/mol. The lowest BCUT2D eigenvalue weighted by Crippen LogP contribution is -2.53. The zero-order valence-corrected chi connectivity index (χ0v) is 27.2. The van der Waals surface area contributed by atoms with Crippen LogP contribution < -0.4 is 0 Å². The fraction of sp³-hybridized carbons (Fsp3) is 1.00. The highest BCUT2D eigenvalue weighted by molar-refractivity contribution is 4.85. The molecule has 4 atom stereocenters. The molecule has 2 aliphatic heterocycles. The van der Waals surface area contributed by atoms with Crippen LogP contribution in [0, 0.1) is 11.8 Å². The first-order valence-electron chi connectivity index (χ1n) is 18.0. The Kier molecular flexibility index (Phi) is 19.4. The highest BCUT2D eigenvalue weighted by Gasteiger charge is 2.47. The van der Waals surface area contributed by atoms with Gasteiger partial charge >= 0.3 is 0 Å². The number of unbranched alkanes of at least 4 members (excludes halogenated alkanes) is 18. The molecule has 0 radical (unpaired) electrons. The average Bonchev–Trinajstić information content (AvgIpc) is 2.91. The van der Waals surface area contributed by atoms with E-state index < -0.39 is 11.6 Å². The lowest BCUT2D eigenvalue weighted by molar-refractivity contribution is -0.387. The summed E-state index contributed by atoms with van der Waals surface area (Å²) >= 11 is 0. The summed E-state index contributed by atoms with van der Waals surface area (Å²) in [6.45, 7) is 11.0. The summed E-state index contributed by atoms with van der Waals surface area (Å²) in [6, 6.07) is 0. The van der Waals surface area contributed by atoms with E-state index in [0.29, 0.717) is 11.8 Å². The van der Waals surface area contributed by atoms with E-state index >= 15 is 0 Å². The standard InChI is InChI=1S/C36H70O3/c1-5-7-9-11-13-15-17-19-21-23-27-35(31-33(3)25-29-37-35)39-36(32-34(4)26-30-38-36)28-24-22-20-18-16-14-12-10-8-6-2/h33-34H,5-32H2,1-4H3. The molecule has 2 aliphatic rings. The molecule has 2 fully saturated rings. The highest BCUT2D eigenvalue weighted by atomic mass is 16.8. The minimum absolute atomic E-state index is 0.437. The van der Waals surface area contributed by atoms with Crippen LogP contribution in [0.2, 0.25) is 0 Å². The molecule has 0 aromatic rings. The lowest BCUT2D eigenvalue weighted by atomic mass is 9.88. The third-order valence-corrected chi connectivity index (χ3v) is 9.46. The van der Waals surface area contributed by atoms with Crippen LogP contribution >= 0.6 is 0 Å². The van der Waals surface area contributed by atoms with Crippen LogP contribution in [-0.2, 0) is 14.2 Å². The van der Waals surface area contributed by atoms with E-state index in [1.165, 1.54) is 128 Å². The summed E-state index contributed by atoms with van der Waals surface area (Å²) in [5.41, 5.74) is 0. The molecule has 39 heavy (non-hydrogen) atoms. The van der Waals surface area contributed by atoms with Crippen LogP contribution in [-0.4, -0.2) is 24.8 Å². The van der Waals surface area contributed by atoms with Crippen molar-refractivity contribution in [2.75, 3.05) is 13.2 Å². The van der Waals surface area contributed by atoms with Gasteiger partial charge in [-0.05, 0) is 37.5 Å². The first kappa shape index (κ1) is 35.1. The summed E-state index contributed by atoms with van der Waals surface area (Å²) in [6.07, 6.45) is 33.8. The van der Waals surface area contributed by atoms with Crippen molar-refractivity contribution in [3.63, 3.8) is 0 Å². The smallest absolute Gasteiger partial charge is 0.171 e. The van der Waals surface area contributed by atoms with Crippen LogP contribution in [0.4, 0.5) is 0 Å². The normalized spacial score (nSPS) is 27.7. The van der Waals surface area contributed by atoms with Gasteiger partial charge in [0.05, 0.1) is 13.2 Å². The topological polar surface area (TPSA) is 27.7 Å². The van der Waals surface area contributed by atoms with Gasteiger partial charge in [-0.3, -0.25) is 0 Å². The molecule has 0 spiro atoms. The molecule has 2 heterocycles. The van der Waals surface area contributed by atoms with Crippen molar-refractivity contribution in [3.05, 3.63) is 0 Å². The highest BCUT2D eigenvalue weighted by Crippen LogP contribution is 2.44. The summed E-state index contributed by atoms with van der Waals surface area (Å²) in [5, 5.41) is 0. The van der Waals surface area contributed by atoms with Crippen molar-refractivity contribution in [2.24, 2.45) is 11.8 Å². The fourth-order valence-electron chi connectivity index (χ4n) is 6.97. The van der Waals surface area contributed by atoms with Crippen LogP contribution in [0.3, 0.4) is 0 Å². The van der Waals surface area contributed by atoms with Gasteiger partial charge in [0.25, 0.3) is 0 Å². The maximum Gasteiger partial charge on any atom is 0.171 e. The first-order chi connectivity index (χ1) is 19.0. The molecular weight excluding hydrogens is 480 g/mol. The van der Waals surface area contributed by atoms with Gasteiger partial charge in [0.15, 0.2) is 11.6 Å². The maximum absolute atomic E-state index is 7.17. The molecule has 0 bridgehead atoms. The zero-order chi connectivity index (χ0) is 28.1. The second kappa shape index (κ2) is 21.6. The maximum atomic E-state index is 7.17. The van der Waals surface area contributed by atoms with E-state index in [-0.39, 0.29) is 0 Å². The number of hydrogen-bond acceptors (Lipinski definition) is 3. The first-order valence-corrected chi connectivity index (χ1v) is 18.0. The Labute approximate surface area is 245 Å². The van der Waals surface area contributed by atoms with E-state index in [1.54, 1.807) is 0 Å². The van der Waals surface area contributed by atoms with Crippen molar-refractivity contribution in [1.82, 2.24) is 0 Å².